The van der Waals surface area contributed by atoms with Crippen molar-refractivity contribution in [2.45, 2.75) is 38.0 Å². The molecule has 0 bridgehead atoms. The van der Waals surface area contributed by atoms with Crippen LogP contribution in [0.1, 0.15) is 19.4 Å². The molecule has 3 atom stereocenters. The van der Waals surface area contributed by atoms with Gasteiger partial charge in [0, 0.05) is 13.1 Å². The van der Waals surface area contributed by atoms with Crippen molar-refractivity contribution in [1.82, 2.24) is 20.9 Å². The van der Waals surface area contributed by atoms with Gasteiger partial charge in [-0.05, 0) is 25.8 Å². The lowest BCUT2D eigenvalue weighted by Crippen LogP contribution is -2.53. The van der Waals surface area contributed by atoms with Gasteiger partial charge in [-0.15, -0.1) is 0 Å². The minimum absolute atomic E-state index is 0.186. The molecule has 0 radical (unpaired) electrons. The van der Waals surface area contributed by atoms with Crippen LogP contribution in [0, 0.1) is 0 Å². The number of carbonyl (C=O) groups excluding carboxylic acids is 4. The van der Waals surface area contributed by atoms with Gasteiger partial charge in [-0.25, -0.2) is 0 Å². The summed E-state index contributed by atoms with van der Waals surface area (Å²) in [6, 6.07) is 7.80. The van der Waals surface area contributed by atoms with E-state index < -0.39 is 29.5 Å². The standard InChI is InChI=1S/C23H32N4O6/c1-16(25-20(29)14-27-8-10-32-11-9-27)22(31)24-13-19(28)26-18(21(30)23(2)15-33-23)12-17-6-4-3-5-7-17/h3-7,16,18H,8-15H2,1-2H3,(H,24,31)(H,25,29)(H,26,28). The third kappa shape index (κ3) is 7.62. The van der Waals surface area contributed by atoms with Crippen molar-refractivity contribution in [3.05, 3.63) is 35.9 Å². The molecule has 10 nitrogen and oxygen atoms in total. The smallest absolute Gasteiger partial charge is 0.242 e. The molecule has 1 aromatic rings. The van der Waals surface area contributed by atoms with Crippen molar-refractivity contribution in [3.8, 4) is 0 Å². The predicted octanol–water partition coefficient (Wildman–Crippen LogP) is -0.975. The van der Waals surface area contributed by atoms with E-state index in [0.717, 1.165) is 5.56 Å². The summed E-state index contributed by atoms with van der Waals surface area (Å²) in [4.78, 5) is 51.7. The number of nitrogens with one attached hydrogen (secondary N) is 3. The number of nitrogens with zero attached hydrogens (tertiary/aromatic N) is 1. The van der Waals surface area contributed by atoms with E-state index in [9.17, 15) is 19.2 Å². The van der Waals surface area contributed by atoms with Crippen molar-refractivity contribution >= 4 is 23.5 Å². The van der Waals surface area contributed by atoms with Crippen molar-refractivity contribution in [3.63, 3.8) is 0 Å². The minimum atomic E-state index is -0.880. The maximum Gasteiger partial charge on any atom is 0.242 e. The lowest BCUT2D eigenvalue weighted by molar-refractivity contribution is -0.132. The van der Waals surface area contributed by atoms with Gasteiger partial charge in [-0.1, -0.05) is 30.3 Å². The van der Waals surface area contributed by atoms with Gasteiger partial charge >= 0.3 is 0 Å². The van der Waals surface area contributed by atoms with Crippen LogP contribution in [0.25, 0.3) is 0 Å². The first-order valence-corrected chi connectivity index (χ1v) is 11.2. The van der Waals surface area contributed by atoms with E-state index in [1.54, 1.807) is 13.8 Å². The molecule has 2 aliphatic rings. The average molecular weight is 461 g/mol. The van der Waals surface area contributed by atoms with Gasteiger partial charge in [0.05, 0.1) is 39.0 Å². The zero-order valence-corrected chi connectivity index (χ0v) is 19.1. The first kappa shape index (κ1) is 24.8. The Hall–Kier alpha value is -2.82. The fourth-order valence-electron chi connectivity index (χ4n) is 3.56. The Morgan fingerprint density at radius 3 is 2.36 bits per heavy atom. The molecule has 180 valence electrons. The maximum atomic E-state index is 12.8. The summed E-state index contributed by atoms with van der Waals surface area (Å²) in [5, 5.41) is 7.86. The zero-order chi connectivity index (χ0) is 23.8. The Morgan fingerprint density at radius 1 is 1.06 bits per heavy atom. The second-order valence-corrected chi connectivity index (χ2v) is 8.59. The van der Waals surface area contributed by atoms with E-state index in [4.69, 9.17) is 9.47 Å². The van der Waals surface area contributed by atoms with E-state index in [-0.39, 0.29) is 24.8 Å². The van der Waals surface area contributed by atoms with Crippen LogP contribution in [0.4, 0.5) is 0 Å². The second-order valence-electron chi connectivity index (χ2n) is 8.59. The SMILES string of the molecule is CC(NC(=O)CN1CCOCC1)C(=O)NCC(=O)NC(Cc1ccccc1)C(=O)C1(C)CO1. The van der Waals surface area contributed by atoms with Gasteiger partial charge in [0.2, 0.25) is 17.7 Å². The summed E-state index contributed by atoms with van der Waals surface area (Å²) in [6.45, 7) is 5.95. The van der Waals surface area contributed by atoms with Gasteiger partial charge in [0.25, 0.3) is 0 Å². The molecule has 33 heavy (non-hydrogen) atoms. The van der Waals surface area contributed by atoms with E-state index in [1.807, 2.05) is 35.2 Å². The normalized spacial score (nSPS) is 22.0. The van der Waals surface area contributed by atoms with Gasteiger partial charge in [0.15, 0.2) is 5.78 Å². The molecule has 2 fully saturated rings. The quantitative estimate of drug-likeness (QED) is 0.362. The summed E-state index contributed by atoms with van der Waals surface area (Å²) < 4.78 is 10.5. The summed E-state index contributed by atoms with van der Waals surface area (Å²) in [7, 11) is 0. The number of hydrogen-bond acceptors (Lipinski definition) is 7. The average Bonchev–Trinajstić information content (AvgIpc) is 3.56. The number of ketones is 1. The van der Waals surface area contributed by atoms with E-state index in [0.29, 0.717) is 39.3 Å². The molecule has 2 saturated heterocycles. The monoisotopic (exact) mass is 460 g/mol. The maximum absolute atomic E-state index is 12.8. The molecule has 3 rings (SSSR count). The van der Waals surface area contributed by atoms with Crippen molar-refractivity contribution in [1.29, 1.82) is 0 Å². The summed E-state index contributed by atoms with van der Waals surface area (Å²) in [5.74, 6) is -1.44. The molecule has 0 aromatic heterocycles. The van der Waals surface area contributed by atoms with Crippen LogP contribution in [0.3, 0.4) is 0 Å². The number of epoxide rings is 1. The van der Waals surface area contributed by atoms with Crippen molar-refractivity contribution in [2.75, 3.05) is 46.0 Å². The molecule has 2 aliphatic heterocycles. The first-order valence-electron chi connectivity index (χ1n) is 11.2. The highest BCUT2D eigenvalue weighted by atomic mass is 16.6. The molecular formula is C23H32N4O6. The molecule has 3 N–H and O–H groups in total. The molecule has 10 heteroatoms. The number of rotatable bonds is 11. The number of morpholine rings is 1. The summed E-state index contributed by atoms with van der Waals surface area (Å²) in [5.41, 5.74) is 0.0240. The molecule has 3 amide bonds. The number of amides is 3. The molecule has 2 heterocycles. The van der Waals surface area contributed by atoms with E-state index >= 15 is 0 Å². The van der Waals surface area contributed by atoms with Crippen LogP contribution >= 0.6 is 0 Å². The Morgan fingerprint density at radius 2 is 1.73 bits per heavy atom. The van der Waals surface area contributed by atoms with Crippen LogP contribution in [0.15, 0.2) is 30.3 Å². The van der Waals surface area contributed by atoms with Crippen molar-refractivity contribution in [2.24, 2.45) is 0 Å². The number of ether oxygens (including phenoxy) is 2. The van der Waals surface area contributed by atoms with Crippen LogP contribution in [0.2, 0.25) is 0 Å². The van der Waals surface area contributed by atoms with Gasteiger partial charge in [0.1, 0.15) is 11.6 Å². The molecular weight excluding hydrogens is 428 g/mol. The Balaban J connectivity index is 1.45. The van der Waals surface area contributed by atoms with Crippen LogP contribution in [0.5, 0.6) is 0 Å². The largest absolute Gasteiger partial charge is 0.379 e. The molecule has 1 aromatic carbocycles. The topological polar surface area (TPSA) is 129 Å². The fraction of sp³-hybridized carbons (Fsp3) is 0.565. The van der Waals surface area contributed by atoms with E-state index in [2.05, 4.69) is 16.0 Å². The number of hydrogen-bond donors (Lipinski definition) is 3. The Bertz CT molecular complexity index is 852. The number of benzene rings is 1. The highest BCUT2D eigenvalue weighted by molar-refractivity contribution is 5.97. The van der Waals surface area contributed by atoms with E-state index in [1.165, 1.54) is 0 Å². The summed E-state index contributed by atoms with van der Waals surface area (Å²) >= 11 is 0. The number of Topliss-reactive ketones (excluding diaryl/α,β-unsaturated/α-hetero) is 1. The highest BCUT2D eigenvalue weighted by Crippen LogP contribution is 2.29. The lowest BCUT2D eigenvalue weighted by atomic mass is 9.95. The lowest BCUT2D eigenvalue weighted by Gasteiger charge is -2.26. The minimum Gasteiger partial charge on any atom is -0.379 e. The van der Waals surface area contributed by atoms with Crippen molar-refractivity contribution < 1.29 is 28.7 Å². The number of carbonyl (C=O) groups is 4. The molecule has 0 saturated carbocycles. The van der Waals surface area contributed by atoms with Gasteiger partial charge in [-0.2, -0.15) is 0 Å². The molecule has 0 spiro atoms. The third-order valence-electron chi connectivity index (χ3n) is 5.70. The Kier molecular flexibility index (Phi) is 8.54. The molecule has 3 unspecified atom stereocenters. The van der Waals surface area contributed by atoms with Crippen LogP contribution < -0.4 is 16.0 Å². The summed E-state index contributed by atoms with van der Waals surface area (Å²) in [6.07, 6.45) is 0.326. The zero-order valence-electron chi connectivity index (χ0n) is 19.1. The Labute approximate surface area is 193 Å². The highest BCUT2D eigenvalue weighted by Gasteiger charge is 2.50. The van der Waals surface area contributed by atoms with Gasteiger partial charge < -0.3 is 25.4 Å². The fourth-order valence-corrected chi connectivity index (χ4v) is 3.56. The van der Waals surface area contributed by atoms with Crippen LogP contribution in [-0.4, -0.2) is 92.1 Å². The van der Waals surface area contributed by atoms with Crippen LogP contribution in [-0.2, 0) is 35.1 Å². The third-order valence-corrected chi connectivity index (χ3v) is 5.70. The first-order chi connectivity index (χ1) is 15.8. The molecule has 0 aliphatic carbocycles. The predicted molar refractivity (Wildman–Crippen MR) is 119 cm³/mol. The van der Waals surface area contributed by atoms with Gasteiger partial charge in [-0.3, -0.25) is 24.1 Å². The second kappa shape index (κ2) is 11.4.